The van der Waals surface area contributed by atoms with E-state index in [1.165, 1.54) is 11.8 Å². The van der Waals surface area contributed by atoms with Crippen molar-refractivity contribution in [1.82, 2.24) is 29.5 Å². The number of hydrogen-bond acceptors (Lipinski definition) is 6. The number of aromatic nitrogens is 6. The summed E-state index contributed by atoms with van der Waals surface area (Å²) in [7, 11) is 0. The molecule has 3 aromatic heterocycles. The van der Waals surface area contributed by atoms with Crippen LogP contribution < -0.4 is 5.32 Å². The first-order chi connectivity index (χ1) is 16.8. The fourth-order valence-corrected chi connectivity index (χ4v) is 4.27. The van der Waals surface area contributed by atoms with Crippen molar-refractivity contribution in [2.75, 3.05) is 11.1 Å². The second-order valence-electron chi connectivity index (χ2n) is 7.42. The lowest BCUT2D eigenvalue weighted by molar-refractivity contribution is -0.113. The first-order valence-electron chi connectivity index (χ1n) is 10.7. The minimum absolute atomic E-state index is 0.122. The van der Waals surface area contributed by atoms with Gasteiger partial charge in [-0.2, -0.15) is 5.10 Å². The summed E-state index contributed by atoms with van der Waals surface area (Å²) >= 11 is 1.34. The van der Waals surface area contributed by atoms with Gasteiger partial charge in [-0.15, -0.1) is 10.2 Å². The molecule has 9 heteroatoms. The highest BCUT2D eigenvalue weighted by Gasteiger charge is 2.17. The number of carbonyl (C=O) groups excluding carboxylic acids is 1. The molecule has 0 bridgehead atoms. The van der Waals surface area contributed by atoms with Crippen LogP contribution in [0.15, 0.2) is 103 Å². The number of nitrogens with zero attached hydrogens (tertiary/aromatic N) is 6. The van der Waals surface area contributed by atoms with E-state index in [0.29, 0.717) is 17.5 Å². The topological polar surface area (TPSA) is 90.5 Å². The van der Waals surface area contributed by atoms with Crippen molar-refractivity contribution >= 4 is 23.4 Å². The molecular formula is C25H21N7OS. The maximum Gasteiger partial charge on any atom is 0.234 e. The Morgan fingerprint density at radius 3 is 2.56 bits per heavy atom. The van der Waals surface area contributed by atoms with Crippen LogP contribution in [0.3, 0.4) is 0 Å². The number of hydrogen-bond donors (Lipinski definition) is 1. The van der Waals surface area contributed by atoms with Crippen molar-refractivity contribution in [3.63, 3.8) is 0 Å². The lowest BCUT2D eigenvalue weighted by Gasteiger charge is -2.12. The van der Waals surface area contributed by atoms with Gasteiger partial charge in [0.25, 0.3) is 0 Å². The van der Waals surface area contributed by atoms with E-state index in [0.717, 1.165) is 22.5 Å². The SMILES string of the molecule is O=C(CSc1nnc(-c2cccnc2)n1-c1ccccc1)Nc1ccccc1Cn1cccn1. The number of benzene rings is 2. The molecule has 1 N–H and O–H groups in total. The number of para-hydroxylation sites is 2. The van der Waals surface area contributed by atoms with Gasteiger partial charge in [-0.1, -0.05) is 48.2 Å². The van der Waals surface area contributed by atoms with E-state index < -0.39 is 0 Å². The molecule has 5 rings (SSSR count). The van der Waals surface area contributed by atoms with Crippen LogP contribution >= 0.6 is 11.8 Å². The number of carbonyl (C=O) groups is 1. The molecule has 0 unspecified atom stereocenters. The van der Waals surface area contributed by atoms with Gasteiger partial charge in [-0.3, -0.25) is 19.0 Å². The lowest BCUT2D eigenvalue weighted by atomic mass is 10.2. The summed E-state index contributed by atoms with van der Waals surface area (Å²) < 4.78 is 3.77. The van der Waals surface area contributed by atoms with Crippen molar-refractivity contribution in [1.29, 1.82) is 0 Å². The van der Waals surface area contributed by atoms with Gasteiger partial charge in [0.05, 0.1) is 12.3 Å². The smallest absolute Gasteiger partial charge is 0.234 e. The molecule has 3 heterocycles. The molecule has 5 aromatic rings. The van der Waals surface area contributed by atoms with Crippen LogP contribution in [0.1, 0.15) is 5.56 Å². The first-order valence-corrected chi connectivity index (χ1v) is 11.7. The summed E-state index contributed by atoms with van der Waals surface area (Å²) in [6, 6.07) is 23.3. The zero-order chi connectivity index (χ0) is 23.2. The van der Waals surface area contributed by atoms with Crippen LogP contribution in [0.4, 0.5) is 5.69 Å². The van der Waals surface area contributed by atoms with Crippen LogP contribution in [0.5, 0.6) is 0 Å². The molecule has 1 amide bonds. The largest absolute Gasteiger partial charge is 0.325 e. The Morgan fingerprint density at radius 1 is 0.912 bits per heavy atom. The fourth-order valence-electron chi connectivity index (χ4n) is 3.52. The Kier molecular flexibility index (Phi) is 6.44. The quantitative estimate of drug-likeness (QED) is 0.342. The Hall–Kier alpha value is -4.24. The van der Waals surface area contributed by atoms with Crippen LogP contribution in [0, 0.1) is 0 Å². The van der Waals surface area contributed by atoms with Crippen molar-refractivity contribution < 1.29 is 4.79 Å². The Balaban J connectivity index is 1.34. The maximum absolute atomic E-state index is 12.8. The zero-order valence-corrected chi connectivity index (χ0v) is 19.0. The van der Waals surface area contributed by atoms with Gasteiger partial charge >= 0.3 is 0 Å². The predicted molar refractivity (Wildman–Crippen MR) is 132 cm³/mol. The molecule has 0 saturated carbocycles. The molecule has 0 aliphatic rings. The van der Waals surface area contributed by atoms with Gasteiger partial charge in [0, 0.05) is 41.7 Å². The normalized spacial score (nSPS) is 10.8. The Bertz CT molecular complexity index is 1370. The number of amides is 1. The van der Waals surface area contributed by atoms with Crippen molar-refractivity contribution in [3.05, 3.63) is 103 Å². The molecule has 0 aliphatic heterocycles. The summed E-state index contributed by atoms with van der Waals surface area (Å²) in [6.07, 6.45) is 7.10. The number of anilines is 1. The molecule has 0 radical (unpaired) electrons. The second kappa shape index (κ2) is 10.1. The molecule has 0 atom stereocenters. The van der Waals surface area contributed by atoms with E-state index in [1.807, 2.05) is 88.2 Å². The van der Waals surface area contributed by atoms with Gasteiger partial charge in [0.1, 0.15) is 0 Å². The van der Waals surface area contributed by atoms with E-state index in [2.05, 4.69) is 25.6 Å². The van der Waals surface area contributed by atoms with Crippen molar-refractivity contribution in [2.24, 2.45) is 0 Å². The summed E-state index contributed by atoms with van der Waals surface area (Å²) in [4.78, 5) is 17.0. The maximum atomic E-state index is 12.8. The molecule has 34 heavy (non-hydrogen) atoms. The van der Waals surface area contributed by atoms with E-state index in [4.69, 9.17) is 0 Å². The molecule has 8 nitrogen and oxygen atoms in total. The molecule has 2 aromatic carbocycles. The number of rotatable bonds is 8. The summed E-state index contributed by atoms with van der Waals surface area (Å²) in [5.41, 5.74) is 3.52. The van der Waals surface area contributed by atoms with Crippen LogP contribution in [-0.2, 0) is 11.3 Å². The van der Waals surface area contributed by atoms with E-state index in [1.54, 1.807) is 18.6 Å². The molecule has 0 aliphatic carbocycles. The van der Waals surface area contributed by atoms with Crippen LogP contribution in [0.2, 0.25) is 0 Å². The fraction of sp³-hybridized carbons (Fsp3) is 0.0800. The monoisotopic (exact) mass is 467 g/mol. The highest BCUT2D eigenvalue weighted by Crippen LogP contribution is 2.27. The highest BCUT2D eigenvalue weighted by molar-refractivity contribution is 7.99. The molecule has 168 valence electrons. The predicted octanol–water partition coefficient (Wildman–Crippen LogP) is 4.30. The Morgan fingerprint density at radius 2 is 1.76 bits per heavy atom. The highest BCUT2D eigenvalue weighted by atomic mass is 32.2. The average molecular weight is 468 g/mol. The third kappa shape index (κ3) is 4.89. The van der Waals surface area contributed by atoms with Crippen molar-refractivity contribution in [2.45, 2.75) is 11.7 Å². The molecule has 0 saturated heterocycles. The summed E-state index contributed by atoms with van der Waals surface area (Å²) in [5.74, 6) is 0.740. The van der Waals surface area contributed by atoms with E-state index >= 15 is 0 Å². The van der Waals surface area contributed by atoms with Gasteiger partial charge in [-0.05, 0) is 42.0 Å². The third-order valence-corrected chi connectivity index (χ3v) is 6.01. The minimum atomic E-state index is -0.122. The molecular weight excluding hydrogens is 446 g/mol. The molecule has 0 spiro atoms. The Labute approximate surface area is 200 Å². The first kappa shape index (κ1) is 21.6. The average Bonchev–Trinajstić information content (AvgIpc) is 3.55. The van der Waals surface area contributed by atoms with E-state index in [9.17, 15) is 4.79 Å². The zero-order valence-electron chi connectivity index (χ0n) is 18.2. The van der Waals surface area contributed by atoms with Gasteiger partial charge in [0.15, 0.2) is 11.0 Å². The second-order valence-corrected chi connectivity index (χ2v) is 8.36. The number of pyridine rings is 1. The molecule has 0 fully saturated rings. The third-order valence-electron chi connectivity index (χ3n) is 5.08. The summed E-state index contributed by atoms with van der Waals surface area (Å²) in [6.45, 7) is 0.577. The standard InChI is InChI=1S/C25H21N7OS/c33-23(28-22-12-5-4-8-20(22)17-31-15-7-14-27-31)18-34-25-30-29-24(19-9-6-13-26-16-19)32(25)21-10-2-1-3-11-21/h1-16H,17-18H2,(H,28,33). The lowest BCUT2D eigenvalue weighted by Crippen LogP contribution is -2.16. The minimum Gasteiger partial charge on any atom is -0.325 e. The summed E-state index contributed by atoms with van der Waals surface area (Å²) in [5, 5.41) is 16.7. The number of nitrogens with one attached hydrogen (secondary N) is 1. The van der Waals surface area contributed by atoms with Gasteiger partial charge in [0.2, 0.25) is 5.91 Å². The van der Waals surface area contributed by atoms with Gasteiger partial charge in [-0.25, -0.2) is 0 Å². The number of thioether (sulfide) groups is 1. The van der Waals surface area contributed by atoms with Crippen molar-refractivity contribution in [3.8, 4) is 17.1 Å². The van der Waals surface area contributed by atoms with Crippen LogP contribution in [0.25, 0.3) is 17.1 Å². The van der Waals surface area contributed by atoms with Gasteiger partial charge < -0.3 is 5.32 Å². The van der Waals surface area contributed by atoms with Crippen LogP contribution in [-0.4, -0.2) is 41.2 Å². The van der Waals surface area contributed by atoms with E-state index in [-0.39, 0.29) is 11.7 Å².